The molecule has 1 aromatic heterocycles. The highest BCUT2D eigenvalue weighted by Gasteiger charge is 2.18. The van der Waals surface area contributed by atoms with E-state index in [0.29, 0.717) is 6.04 Å². The van der Waals surface area contributed by atoms with Crippen molar-refractivity contribution in [1.82, 2.24) is 20.5 Å². The minimum absolute atomic E-state index is 0.527. The third-order valence-electron chi connectivity index (χ3n) is 3.82. The van der Waals surface area contributed by atoms with Crippen LogP contribution >= 0.6 is 0 Å². The topological polar surface area (TPSA) is 53.6 Å². The zero-order valence-electron chi connectivity index (χ0n) is 11.1. The molecule has 2 N–H and O–H groups in total. The van der Waals surface area contributed by atoms with Crippen LogP contribution in [0.1, 0.15) is 42.3 Å². The maximum atomic E-state index is 4.14. The highest BCUT2D eigenvalue weighted by molar-refractivity contribution is 5.32. The molecular weight excluding hydrogens is 236 g/mol. The smallest absolute Gasteiger partial charge is 0.137 e. The van der Waals surface area contributed by atoms with E-state index < -0.39 is 0 Å². The maximum Gasteiger partial charge on any atom is 0.137 e. The number of aromatic amines is 1. The zero-order chi connectivity index (χ0) is 12.9. The number of H-pyrrole nitrogens is 1. The molecular formula is C15H20N4. The van der Waals surface area contributed by atoms with Crippen LogP contribution < -0.4 is 5.32 Å². The minimum atomic E-state index is 0.527. The second kappa shape index (κ2) is 5.97. The Labute approximate surface area is 113 Å². The number of fused-ring (bicyclic) bond motifs is 1. The van der Waals surface area contributed by atoms with Crippen LogP contribution in [-0.4, -0.2) is 21.7 Å². The second-order valence-corrected chi connectivity index (χ2v) is 5.13. The summed E-state index contributed by atoms with van der Waals surface area (Å²) in [6.45, 7) is 1.03. The molecule has 4 nitrogen and oxygen atoms in total. The summed E-state index contributed by atoms with van der Waals surface area (Å²) >= 11 is 0. The van der Waals surface area contributed by atoms with Gasteiger partial charge in [-0.25, -0.2) is 4.98 Å². The summed E-state index contributed by atoms with van der Waals surface area (Å²) in [4.78, 5) is 4.14. The lowest BCUT2D eigenvalue weighted by atomic mass is 9.88. The Morgan fingerprint density at radius 2 is 2.26 bits per heavy atom. The van der Waals surface area contributed by atoms with Crippen LogP contribution in [0.2, 0.25) is 0 Å². The number of benzene rings is 1. The lowest BCUT2D eigenvalue weighted by Crippen LogP contribution is -2.26. The lowest BCUT2D eigenvalue weighted by Gasteiger charge is -2.26. The summed E-state index contributed by atoms with van der Waals surface area (Å²) in [7, 11) is 0. The van der Waals surface area contributed by atoms with Gasteiger partial charge in [-0.3, -0.25) is 5.10 Å². The van der Waals surface area contributed by atoms with Crippen molar-refractivity contribution in [3.63, 3.8) is 0 Å². The molecule has 2 aromatic rings. The molecule has 0 aliphatic heterocycles. The Morgan fingerprint density at radius 3 is 3.16 bits per heavy atom. The predicted molar refractivity (Wildman–Crippen MR) is 74.8 cm³/mol. The summed E-state index contributed by atoms with van der Waals surface area (Å²) < 4.78 is 0. The molecule has 1 unspecified atom stereocenters. The van der Waals surface area contributed by atoms with Gasteiger partial charge in [0.2, 0.25) is 0 Å². The number of aryl methyl sites for hydroxylation is 2. The fraction of sp³-hybridized carbons (Fsp3) is 0.467. The van der Waals surface area contributed by atoms with Gasteiger partial charge in [-0.1, -0.05) is 24.3 Å². The van der Waals surface area contributed by atoms with E-state index in [0.717, 1.165) is 25.2 Å². The molecule has 1 heterocycles. The molecule has 0 fully saturated rings. The Morgan fingerprint density at radius 1 is 1.32 bits per heavy atom. The van der Waals surface area contributed by atoms with E-state index in [1.54, 1.807) is 6.33 Å². The first kappa shape index (κ1) is 12.4. The molecule has 4 heteroatoms. The number of rotatable bonds is 5. The number of hydrogen-bond acceptors (Lipinski definition) is 3. The van der Waals surface area contributed by atoms with Gasteiger partial charge in [0, 0.05) is 12.5 Å². The fourth-order valence-electron chi connectivity index (χ4n) is 2.85. The Hall–Kier alpha value is -1.68. The molecule has 0 amide bonds. The van der Waals surface area contributed by atoms with Crippen LogP contribution in [0.5, 0.6) is 0 Å². The van der Waals surface area contributed by atoms with E-state index in [-0.39, 0.29) is 0 Å². The third-order valence-corrected chi connectivity index (χ3v) is 3.82. The first-order valence-electron chi connectivity index (χ1n) is 7.09. The number of aromatic nitrogens is 3. The van der Waals surface area contributed by atoms with Crippen LogP contribution in [0.3, 0.4) is 0 Å². The average molecular weight is 256 g/mol. The van der Waals surface area contributed by atoms with Gasteiger partial charge in [-0.05, 0) is 43.4 Å². The number of nitrogens with one attached hydrogen (secondary N) is 2. The van der Waals surface area contributed by atoms with Crippen molar-refractivity contribution in [2.75, 3.05) is 6.54 Å². The van der Waals surface area contributed by atoms with Gasteiger partial charge in [0.1, 0.15) is 12.2 Å². The highest BCUT2D eigenvalue weighted by Crippen LogP contribution is 2.29. The van der Waals surface area contributed by atoms with Gasteiger partial charge in [-0.2, -0.15) is 5.10 Å². The molecule has 100 valence electrons. The van der Waals surface area contributed by atoms with Crippen LogP contribution in [0, 0.1) is 0 Å². The Balaban J connectivity index is 1.51. The fourth-order valence-corrected chi connectivity index (χ4v) is 2.85. The van der Waals surface area contributed by atoms with Crippen LogP contribution in [0.15, 0.2) is 30.6 Å². The summed E-state index contributed by atoms with van der Waals surface area (Å²) in [6.07, 6.45) is 7.39. The zero-order valence-corrected chi connectivity index (χ0v) is 11.1. The van der Waals surface area contributed by atoms with E-state index in [1.165, 1.54) is 30.4 Å². The van der Waals surface area contributed by atoms with Crippen LogP contribution in [0.4, 0.5) is 0 Å². The summed E-state index contributed by atoms with van der Waals surface area (Å²) in [5.41, 5.74) is 3.01. The largest absolute Gasteiger partial charge is 0.310 e. The molecule has 1 atom stereocenters. The van der Waals surface area contributed by atoms with Gasteiger partial charge in [0.05, 0.1) is 0 Å². The average Bonchev–Trinajstić information content (AvgIpc) is 2.97. The minimum Gasteiger partial charge on any atom is -0.310 e. The summed E-state index contributed by atoms with van der Waals surface area (Å²) in [6, 6.07) is 9.35. The molecule has 1 aliphatic rings. The molecule has 19 heavy (non-hydrogen) atoms. The Kier molecular flexibility index (Phi) is 3.89. The van der Waals surface area contributed by atoms with E-state index in [1.807, 2.05) is 0 Å². The molecule has 3 rings (SSSR count). The quantitative estimate of drug-likeness (QED) is 0.808. The van der Waals surface area contributed by atoms with E-state index in [9.17, 15) is 0 Å². The summed E-state index contributed by atoms with van der Waals surface area (Å²) in [5.74, 6) is 0.978. The van der Waals surface area contributed by atoms with Crippen molar-refractivity contribution in [3.05, 3.63) is 47.5 Å². The first-order valence-corrected chi connectivity index (χ1v) is 7.09. The van der Waals surface area contributed by atoms with E-state index in [4.69, 9.17) is 0 Å². The maximum absolute atomic E-state index is 4.14. The van der Waals surface area contributed by atoms with Crippen LogP contribution in [-0.2, 0) is 12.8 Å². The molecule has 0 radical (unpaired) electrons. The van der Waals surface area contributed by atoms with Crippen molar-refractivity contribution in [1.29, 1.82) is 0 Å². The van der Waals surface area contributed by atoms with Gasteiger partial charge in [-0.15, -0.1) is 0 Å². The molecule has 0 spiro atoms. The highest BCUT2D eigenvalue weighted by atomic mass is 15.2. The second-order valence-electron chi connectivity index (χ2n) is 5.13. The number of hydrogen-bond donors (Lipinski definition) is 2. The molecule has 0 bridgehead atoms. The predicted octanol–water partition coefficient (Wildman–Crippen LogP) is 2.40. The normalized spacial score (nSPS) is 18.2. The van der Waals surface area contributed by atoms with Crippen molar-refractivity contribution in [2.24, 2.45) is 0 Å². The molecule has 1 aromatic carbocycles. The van der Waals surface area contributed by atoms with E-state index >= 15 is 0 Å². The third kappa shape index (κ3) is 3.01. The van der Waals surface area contributed by atoms with Gasteiger partial charge < -0.3 is 5.32 Å². The standard InChI is InChI=1S/C15H20N4/c1-2-7-13-12(5-1)6-3-8-14(13)16-10-4-9-15-17-11-18-19-15/h1-2,5,7,11,14,16H,3-4,6,8-10H2,(H,17,18,19). The van der Waals surface area contributed by atoms with Gasteiger partial charge >= 0.3 is 0 Å². The Bertz CT molecular complexity index is 507. The van der Waals surface area contributed by atoms with E-state index in [2.05, 4.69) is 44.8 Å². The van der Waals surface area contributed by atoms with Crippen molar-refractivity contribution in [2.45, 2.75) is 38.1 Å². The monoisotopic (exact) mass is 256 g/mol. The van der Waals surface area contributed by atoms with Gasteiger partial charge in [0.25, 0.3) is 0 Å². The molecule has 1 aliphatic carbocycles. The molecule has 0 saturated carbocycles. The molecule has 0 saturated heterocycles. The first-order chi connectivity index (χ1) is 9.43. The van der Waals surface area contributed by atoms with Crippen molar-refractivity contribution < 1.29 is 0 Å². The van der Waals surface area contributed by atoms with Crippen molar-refractivity contribution in [3.8, 4) is 0 Å². The number of nitrogens with zero attached hydrogens (tertiary/aromatic N) is 2. The van der Waals surface area contributed by atoms with Crippen molar-refractivity contribution >= 4 is 0 Å². The summed E-state index contributed by atoms with van der Waals surface area (Å²) in [5, 5.41) is 10.4. The SMILES string of the molecule is c1ccc2c(c1)CCCC2NCCCc1ncn[nH]1. The lowest BCUT2D eigenvalue weighted by molar-refractivity contribution is 0.455. The van der Waals surface area contributed by atoms with Gasteiger partial charge in [0.15, 0.2) is 0 Å². The van der Waals surface area contributed by atoms with Crippen LogP contribution in [0.25, 0.3) is 0 Å².